The van der Waals surface area contributed by atoms with Crippen LogP contribution in [0.15, 0.2) is 18.7 Å². The average molecular weight is 246 g/mol. The van der Waals surface area contributed by atoms with Gasteiger partial charge in [-0.15, -0.1) is 0 Å². The molecule has 2 heteroatoms. The summed E-state index contributed by atoms with van der Waals surface area (Å²) in [6, 6.07) is 3.05. The summed E-state index contributed by atoms with van der Waals surface area (Å²) in [7, 11) is 0. The predicted octanol–water partition coefficient (Wildman–Crippen LogP) is 4.61. The van der Waals surface area contributed by atoms with Gasteiger partial charge < -0.3 is 0 Å². The summed E-state index contributed by atoms with van der Waals surface area (Å²) in [5.74, 6) is 3.18. The molecule has 2 nitrogen and oxygen atoms in total. The third-order valence-corrected chi connectivity index (χ3v) is 3.12. The van der Waals surface area contributed by atoms with Gasteiger partial charge in [0.05, 0.1) is 0 Å². The molecule has 0 aromatic carbocycles. The number of nitrogens with zero attached hydrogens (tertiary/aromatic N) is 2. The number of hydrogen-bond donors (Lipinski definition) is 0. The maximum absolute atomic E-state index is 3.95. The van der Waals surface area contributed by atoms with Crippen molar-refractivity contribution in [2.45, 2.75) is 71.1 Å². The van der Waals surface area contributed by atoms with E-state index in [4.69, 9.17) is 0 Å². The molecule has 18 heavy (non-hydrogen) atoms. The van der Waals surface area contributed by atoms with Gasteiger partial charge in [0.2, 0.25) is 0 Å². The number of rotatable bonds is 9. The Hall–Kier alpha value is -1.23. The number of unbranched alkanes of at least 4 members (excludes halogenated alkanes) is 9. The zero-order valence-electron chi connectivity index (χ0n) is 11.7. The van der Waals surface area contributed by atoms with Crippen molar-refractivity contribution in [2.75, 3.05) is 0 Å². The third kappa shape index (κ3) is 7.95. The summed E-state index contributed by atoms with van der Waals surface area (Å²) in [6.45, 7) is 2.27. The minimum absolute atomic E-state index is 1.01. The van der Waals surface area contributed by atoms with Crippen molar-refractivity contribution >= 4 is 0 Å². The van der Waals surface area contributed by atoms with Crippen LogP contribution in [0.4, 0.5) is 0 Å². The van der Waals surface area contributed by atoms with E-state index in [0.29, 0.717) is 0 Å². The second-order valence-electron chi connectivity index (χ2n) is 4.84. The lowest BCUT2D eigenvalue weighted by molar-refractivity contribution is 0.567. The van der Waals surface area contributed by atoms with Gasteiger partial charge in [0.15, 0.2) is 0 Å². The molecular formula is C16H26N2. The third-order valence-electron chi connectivity index (χ3n) is 3.12. The van der Waals surface area contributed by atoms with Crippen LogP contribution in [0, 0.1) is 12.0 Å². The molecule has 0 radical (unpaired) electrons. The molecule has 1 aromatic heterocycles. The van der Waals surface area contributed by atoms with Gasteiger partial charge in [0.25, 0.3) is 0 Å². The molecule has 0 saturated carbocycles. The molecule has 0 bridgehead atoms. The summed E-state index contributed by atoms with van der Waals surface area (Å²) in [5.41, 5.74) is 0. The highest BCUT2D eigenvalue weighted by Crippen LogP contribution is 2.10. The van der Waals surface area contributed by atoms with Gasteiger partial charge in [-0.2, -0.15) is 0 Å². The summed E-state index contributed by atoms with van der Waals surface area (Å²) < 4.78 is 1.81. The maximum Gasteiger partial charge on any atom is 0.106 e. The highest BCUT2D eigenvalue weighted by atomic mass is 15.0. The molecule has 1 aromatic rings. The van der Waals surface area contributed by atoms with Crippen LogP contribution in [0.25, 0.3) is 0 Å². The van der Waals surface area contributed by atoms with Crippen molar-refractivity contribution in [3.05, 3.63) is 18.7 Å². The molecule has 0 N–H and O–H groups in total. The zero-order chi connectivity index (χ0) is 12.9. The lowest BCUT2D eigenvalue weighted by Gasteiger charge is -2.00. The quantitative estimate of drug-likeness (QED) is 0.459. The standard InChI is InChI=1S/C16H26N2/c1-2-3-4-5-6-7-8-9-10-11-12-14-18-15-13-17-16-18/h13,15-16H,2-11H2,1H3. The molecule has 0 saturated heterocycles. The van der Waals surface area contributed by atoms with Crippen molar-refractivity contribution < 1.29 is 0 Å². The van der Waals surface area contributed by atoms with Crippen LogP contribution in [0.1, 0.15) is 71.1 Å². The van der Waals surface area contributed by atoms with Crippen LogP contribution < -0.4 is 0 Å². The number of hydrogen-bond acceptors (Lipinski definition) is 1. The Labute approximate surface area is 112 Å². The van der Waals surface area contributed by atoms with Gasteiger partial charge in [-0.25, -0.2) is 4.98 Å². The van der Waals surface area contributed by atoms with Crippen LogP contribution in [-0.4, -0.2) is 9.55 Å². The first-order valence-electron chi connectivity index (χ1n) is 7.40. The SMILES string of the molecule is CCCCCCCCCCCC#Cn1ccnc1. The Bertz CT molecular complexity index is 330. The first-order valence-corrected chi connectivity index (χ1v) is 7.40. The van der Waals surface area contributed by atoms with Crippen molar-refractivity contribution in [2.24, 2.45) is 0 Å². The first kappa shape index (κ1) is 14.8. The van der Waals surface area contributed by atoms with Crippen molar-refractivity contribution in [1.29, 1.82) is 0 Å². The Balaban J connectivity index is 1.84. The molecule has 0 unspecified atom stereocenters. The van der Waals surface area contributed by atoms with E-state index >= 15 is 0 Å². The first-order chi connectivity index (χ1) is 8.93. The second kappa shape index (κ2) is 10.9. The normalized spacial score (nSPS) is 10.1. The number of imidazole rings is 1. The maximum atomic E-state index is 3.95. The smallest absolute Gasteiger partial charge is 0.106 e. The molecule has 1 heterocycles. The van der Waals surface area contributed by atoms with Gasteiger partial charge >= 0.3 is 0 Å². The molecule has 1 rings (SSSR count). The average Bonchev–Trinajstić information content (AvgIpc) is 2.89. The van der Waals surface area contributed by atoms with E-state index in [1.807, 2.05) is 10.8 Å². The van der Waals surface area contributed by atoms with E-state index in [2.05, 4.69) is 23.9 Å². The largest absolute Gasteiger partial charge is 0.265 e. The fourth-order valence-electron chi connectivity index (χ4n) is 2.00. The molecular weight excluding hydrogens is 220 g/mol. The summed E-state index contributed by atoms with van der Waals surface area (Å²) in [4.78, 5) is 3.95. The Morgan fingerprint density at radius 2 is 1.61 bits per heavy atom. The van der Waals surface area contributed by atoms with Crippen LogP contribution in [-0.2, 0) is 0 Å². The molecule has 0 aliphatic heterocycles. The fourth-order valence-corrected chi connectivity index (χ4v) is 2.00. The van der Waals surface area contributed by atoms with Crippen LogP contribution in [0.3, 0.4) is 0 Å². The topological polar surface area (TPSA) is 17.8 Å². The molecule has 0 spiro atoms. The van der Waals surface area contributed by atoms with Crippen LogP contribution in [0.5, 0.6) is 0 Å². The molecule has 0 atom stereocenters. The lowest BCUT2D eigenvalue weighted by atomic mass is 10.1. The second-order valence-corrected chi connectivity index (χ2v) is 4.84. The van der Waals surface area contributed by atoms with E-state index < -0.39 is 0 Å². The van der Waals surface area contributed by atoms with E-state index in [0.717, 1.165) is 6.42 Å². The van der Waals surface area contributed by atoms with E-state index in [1.165, 1.54) is 57.8 Å². The van der Waals surface area contributed by atoms with Gasteiger partial charge in [-0.3, -0.25) is 4.57 Å². The van der Waals surface area contributed by atoms with Gasteiger partial charge in [-0.05, 0) is 6.42 Å². The minimum Gasteiger partial charge on any atom is -0.265 e. The summed E-state index contributed by atoms with van der Waals surface area (Å²) >= 11 is 0. The molecule has 0 fully saturated rings. The number of aromatic nitrogens is 2. The van der Waals surface area contributed by atoms with Crippen molar-refractivity contribution in [3.63, 3.8) is 0 Å². The Morgan fingerprint density at radius 3 is 2.22 bits per heavy atom. The molecule has 0 aliphatic rings. The summed E-state index contributed by atoms with van der Waals surface area (Å²) in [6.07, 6.45) is 18.7. The lowest BCUT2D eigenvalue weighted by Crippen LogP contribution is -1.83. The van der Waals surface area contributed by atoms with Crippen LogP contribution >= 0.6 is 0 Å². The summed E-state index contributed by atoms with van der Waals surface area (Å²) in [5, 5.41) is 0. The van der Waals surface area contributed by atoms with Crippen LogP contribution in [0.2, 0.25) is 0 Å². The van der Waals surface area contributed by atoms with Gasteiger partial charge in [0.1, 0.15) is 6.33 Å². The molecule has 100 valence electrons. The Morgan fingerprint density at radius 1 is 0.944 bits per heavy atom. The van der Waals surface area contributed by atoms with Crippen molar-refractivity contribution in [3.8, 4) is 12.0 Å². The zero-order valence-corrected chi connectivity index (χ0v) is 11.7. The molecule has 0 aliphatic carbocycles. The van der Waals surface area contributed by atoms with E-state index in [-0.39, 0.29) is 0 Å². The molecule has 0 amide bonds. The van der Waals surface area contributed by atoms with E-state index in [9.17, 15) is 0 Å². The monoisotopic (exact) mass is 246 g/mol. The predicted molar refractivity (Wildman–Crippen MR) is 77.2 cm³/mol. The van der Waals surface area contributed by atoms with Gasteiger partial charge in [0, 0.05) is 24.9 Å². The van der Waals surface area contributed by atoms with E-state index in [1.54, 1.807) is 12.5 Å². The Kier molecular flexibility index (Phi) is 8.98. The fraction of sp³-hybridized carbons (Fsp3) is 0.688. The highest BCUT2D eigenvalue weighted by molar-refractivity contribution is 5.02. The van der Waals surface area contributed by atoms with Gasteiger partial charge in [-0.1, -0.05) is 64.2 Å². The highest BCUT2D eigenvalue weighted by Gasteiger charge is 1.91. The minimum atomic E-state index is 1.01. The van der Waals surface area contributed by atoms with Crippen molar-refractivity contribution in [1.82, 2.24) is 9.55 Å².